The van der Waals surface area contributed by atoms with Crippen molar-refractivity contribution in [3.63, 3.8) is 0 Å². The van der Waals surface area contributed by atoms with Gasteiger partial charge in [-0.15, -0.1) is 0 Å². The van der Waals surface area contributed by atoms with Gasteiger partial charge in [0.25, 0.3) is 0 Å². The molecule has 0 amide bonds. The molecule has 1 fully saturated rings. The third kappa shape index (κ3) is 3.18. The molecule has 19 heavy (non-hydrogen) atoms. The fourth-order valence-electron chi connectivity index (χ4n) is 2.62. The van der Waals surface area contributed by atoms with E-state index in [0.717, 1.165) is 28.7 Å². The van der Waals surface area contributed by atoms with Crippen molar-refractivity contribution in [1.29, 1.82) is 0 Å². The molecule has 3 nitrogen and oxygen atoms in total. The molecule has 1 aliphatic heterocycles. The van der Waals surface area contributed by atoms with Crippen LogP contribution in [-0.2, 0) is 4.79 Å². The molecular weight excluding hydrogens is 306 g/mol. The Hall–Kier alpha value is -1.29. The lowest BCUT2D eigenvalue weighted by molar-refractivity contribution is -0.131. The van der Waals surface area contributed by atoms with Gasteiger partial charge in [0.1, 0.15) is 0 Å². The van der Waals surface area contributed by atoms with Crippen molar-refractivity contribution >= 4 is 33.7 Å². The summed E-state index contributed by atoms with van der Waals surface area (Å²) in [4.78, 5) is 13.1. The molecule has 0 aliphatic carbocycles. The number of rotatable bonds is 3. The highest BCUT2D eigenvalue weighted by molar-refractivity contribution is 9.10. The molecule has 0 saturated carbocycles. The van der Waals surface area contributed by atoms with Gasteiger partial charge < -0.3 is 10.0 Å². The fraction of sp³-hybridized carbons (Fsp3) is 0.400. The topological polar surface area (TPSA) is 40.5 Å². The summed E-state index contributed by atoms with van der Waals surface area (Å²) in [5.74, 6) is -0.924. The number of halogens is 1. The van der Waals surface area contributed by atoms with E-state index in [2.05, 4.69) is 40.7 Å². The maximum absolute atomic E-state index is 10.7. The lowest BCUT2D eigenvalue weighted by Gasteiger charge is -2.35. The zero-order valence-electron chi connectivity index (χ0n) is 11.2. The fourth-order valence-corrected chi connectivity index (χ4v) is 3.00. The summed E-state index contributed by atoms with van der Waals surface area (Å²) < 4.78 is 0.957. The normalized spacial score (nSPS) is 18.2. The predicted octanol–water partition coefficient (Wildman–Crippen LogP) is 3.93. The minimum Gasteiger partial charge on any atom is -0.478 e. The summed E-state index contributed by atoms with van der Waals surface area (Å²) in [6, 6.07) is 6.02. The van der Waals surface area contributed by atoms with Crippen LogP contribution in [0.4, 0.5) is 5.69 Å². The summed E-state index contributed by atoms with van der Waals surface area (Å²) in [5, 5.41) is 8.79. The van der Waals surface area contributed by atoms with Crippen molar-refractivity contribution in [2.75, 3.05) is 11.4 Å². The largest absolute Gasteiger partial charge is 0.478 e. The zero-order chi connectivity index (χ0) is 14.0. The maximum Gasteiger partial charge on any atom is 0.328 e. The van der Waals surface area contributed by atoms with Crippen LogP contribution in [0.15, 0.2) is 28.7 Å². The van der Waals surface area contributed by atoms with Crippen molar-refractivity contribution in [3.8, 4) is 0 Å². The number of anilines is 1. The Balaban J connectivity index is 2.42. The van der Waals surface area contributed by atoms with Crippen LogP contribution in [0.5, 0.6) is 0 Å². The summed E-state index contributed by atoms with van der Waals surface area (Å²) in [6.45, 7) is 5.47. The molecule has 0 aromatic heterocycles. The number of hydrogen-bond donors (Lipinski definition) is 1. The number of benzene rings is 1. The zero-order valence-corrected chi connectivity index (χ0v) is 12.8. The molecule has 0 radical (unpaired) electrons. The Labute approximate surface area is 122 Å². The van der Waals surface area contributed by atoms with Crippen LogP contribution in [0.2, 0.25) is 0 Å². The van der Waals surface area contributed by atoms with Gasteiger partial charge in [0, 0.05) is 28.3 Å². The van der Waals surface area contributed by atoms with Crippen LogP contribution in [-0.4, -0.2) is 23.2 Å². The van der Waals surface area contributed by atoms with E-state index in [-0.39, 0.29) is 5.54 Å². The lowest BCUT2D eigenvalue weighted by atomic mass is 10.0. The van der Waals surface area contributed by atoms with Crippen LogP contribution < -0.4 is 4.90 Å². The van der Waals surface area contributed by atoms with Gasteiger partial charge in [-0.3, -0.25) is 0 Å². The number of aliphatic carboxylic acids is 1. The minimum absolute atomic E-state index is 0.125. The Morgan fingerprint density at radius 1 is 1.47 bits per heavy atom. The number of hydrogen-bond acceptors (Lipinski definition) is 2. The van der Waals surface area contributed by atoms with Gasteiger partial charge in [0.15, 0.2) is 0 Å². The molecule has 0 spiro atoms. The Morgan fingerprint density at radius 2 is 2.21 bits per heavy atom. The van der Waals surface area contributed by atoms with Gasteiger partial charge in [0.2, 0.25) is 0 Å². The van der Waals surface area contributed by atoms with E-state index in [4.69, 9.17) is 5.11 Å². The second kappa shape index (κ2) is 5.37. The average Bonchev–Trinajstić information content (AvgIpc) is 2.66. The lowest BCUT2D eigenvalue weighted by Crippen LogP contribution is -2.38. The van der Waals surface area contributed by atoms with Gasteiger partial charge in [-0.2, -0.15) is 0 Å². The number of carboxylic acid groups (broad SMARTS) is 1. The van der Waals surface area contributed by atoms with Crippen LogP contribution in [0, 0.1) is 0 Å². The number of carbonyl (C=O) groups is 1. The van der Waals surface area contributed by atoms with Gasteiger partial charge in [-0.05, 0) is 56.5 Å². The highest BCUT2D eigenvalue weighted by atomic mass is 79.9. The van der Waals surface area contributed by atoms with E-state index in [0.29, 0.717) is 0 Å². The van der Waals surface area contributed by atoms with Crippen molar-refractivity contribution in [2.45, 2.75) is 32.2 Å². The monoisotopic (exact) mass is 323 g/mol. The Kier molecular flexibility index (Phi) is 3.99. The molecule has 102 valence electrons. The number of carboxylic acids is 1. The summed E-state index contributed by atoms with van der Waals surface area (Å²) in [6.07, 6.45) is 5.18. The molecule has 1 aromatic carbocycles. The second-order valence-electron chi connectivity index (χ2n) is 5.44. The average molecular weight is 324 g/mol. The number of nitrogens with zero attached hydrogens (tertiary/aromatic N) is 1. The summed E-state index contributed by atoms with van der Waals surface area (Å²) in [7, 11) is 0. The smallest absolute Gasteiger partial charge is 0.328 e. The molecule has 2 rings (SSSR count). The van der Waals surface area contributed by atoms with Gasteiger partial charge in [-0.25, -0.2) is 4.79 Å². The summed E-state index contributed by atoms with van der Waals surface area (Å²) in [5.41, 5.74) is 2.16. The van der Waals surface area contributed by atoms with Crippen molar-refractivity contribution < 1.29 is 9.90 Å². The van der Waals surface area contributed by atoms with Crippen LogP contribution in [0.3, 0.4) is 0 Å². The van der Waals surface area contributed by atoms with E-state index in [1.807, 2.05) is 12.1 Å². The predicted molar refractivity (Wildman–Crippen MR) is 81.5 cm³/mol. The molecule has 0 atom stereocenters. The van der Waals surface area contributed by atoms with Crippen molar-refractivity contribution in [1.82, 2.24) is 0 Å². The van der Waals surface area contributed by atoms with Gasteiger partial charge in [0.05, 0.1) is 0 Å². The van der Waals surface area contributed by atoms with Gasteiger partial charge >= 0.3 is 5.97 Å². The molecule has 4 heteroatoms. The third-order valence-electron chi connectivity index (χ3n) is 3.59. The molecule has 1 heterocycles. The first-order valence-corrected chi connectivity index (χ1v) is 7.18. The molecule has 1 N–H and O–H groups in total. The Morgan fingerprint density at radius 3 is 2.79 bits per heavy atom. The van der Waals surface area contributed by atoms with Crippen LogP contribution in [0.1, 0.15) is 32.3 Å². The maximum atomic E-state index is 10.7. The molecule has 0 unspecified atom stereocenters. The standard InChI is InChI=1S/C15H18BrNO2/c1-15(2)8-3-9-17(15)13-6-5-12(16)10-11(13)4-7-14(18)19/h4-7,10H,3,8-9H2,1-2H3,(H,18,19)/b7-4+. The van der Waals surface area contributed by atoms with Crippen LogP contribution in [0.25, 0.3) is 6.08 Å². The highest BCUT2D eigenvalue weighted by Crippen LogP contribution is 2.36. The first kappa shape index (κ1) is 14.1. The second-order valence-corrected chi connectivity index (χ2v) is 6.36. The van der Waals surface area contributed by atoms with E-state index in [1.165, 1.54) is 12.5 Å². The first-order chi connectivity index (χ1) is 8.90. The third-order valence-corrected chi connectivity index (χ3v) is 4.08. The SMILES string of the molecule is CC1(C)CCCN1c1ccc(Br)cc1/C=C/C(=O)O. The molecule has 1 saturated heterocycles. The molecule has 0 bridgehead atoms. The van der Waals surface area contributed by atoms with Gasteiger partial charge in [-0.1, -0.05) is 15.9 Å². The highest BCUT2D eigenvalue weighted by Gasteiger charge is 2.32. The molecule has 1 aliphatic rings. The quantitative estimate of drug-likeness (QED) is 0.857. The van der Waals surface area contributed by atoms with E-state index >= 15 is 0 Å². The van der Waals surface area contributed by atoms with E-state index in [9.17, 15) is 4.79 Å². The van der Waals surface area contributed by atoms with E-state index < -0.39 is 5.97 Å². The Bertz CT molecular complexity index is 523. The first-order valence-electron chi connectivity index (χ1n) is 6.38. The molecule has 1 aromatic rings. The molecular formula is C15H18BrNO2. The summed E-state index contributed by atoms with van der Waals surface area (Å²) >= 11 is 3.44. The van der Waals surface area contributed by atoms with Crippen molar-refractivity contribution in [3.05, 3.63) is 34.3 Å². The minimum atomic E-state index is -0.924. The van der Waals surface area contributed by atoms with Crippen LogP contribution >= 0.6 is 15.9 Å². The van der Waals surface area contributed by atoms with Crippen molar-refractivity contribution in [2.24, 2.45) is 0 Å². The van der Waals surface area contributed by atoms with E-state index in [1.54, 1.807) is 6.08 Å².